The molecule has 0 aliphatic rings. The summed E-state index contributed by atoms with van der Waals surface area (Å²) in [5, 5.41) is -0.0466. The molecule has 0 heterocycles. The molecule has 0 bridgehead atoms. The summed E-state index contributed by atoms with van der Waals surface area (Å²) >= 11 is 5.95. The zero-order chi connectivity index (χ0) is 17.4. The van der Waals surface area contributed by atoms with E-state index in [4.69, 9.17) is 11.6 Å². The zero-order valence-electron chi connectivity index (χ0n) is 12.8. The van der Waals surface area contributed by atoms with E-state index in [2.05, 4.69) is 4.72 Å². The zero-order valence-corrected chi connectivity index (χ0v) is 15.2. The maximum atomic E-state index is 12.5. The number of nitrogens with one attached hydrogen (secondary N) is 1. The van der Waals surface area contributed by atoms with Crippen LogP contribution < -0.4 is 4.72 Å². The lowest BCUT2D eigenvalue weighted by Gasteiger charge is -2.13. The first kappa shape index (κ1) is 17.8. The lowest BCUT2D eigenvalue weighted by Crippen LogP contribution is -2.15. The second-order valence-electron chi connectivity index (χ2n) is 5.29. The fourth-order valence-corrected chi connectivity index (χ4v) is 4.43. The van der Waals surface area contributed by atoms with E-state index in [-0.39, 0.29) is 14.8 Å². The Kier molecular flexibility index (Phi) is 4.75. The van der Waals surface area contributed by atoms with Gasteiger partial charge in [-0.15, -0.1) is 0 Å². The summed E-state index contributed by atoms with van der Waals surface area (Å²) in [6.45, 7) is 3.68. The average Bonchev–Trinajstić information content (AvgIpc) is 2.41. The number of hydrogen-bond acceptors (Lipinski definition) is 4. The third-order valence-corrected chi connectivity index (χ3v) is 6.20. The topological polar surface area (TPSA) is 80.3 Å². The second-order valence-corrected chi connectivity index (χ2v) is 9.36. The summed E-state index contributed by atoms with van der Waals surface area (Å²) in [7, 11) is -7.55. The Morgan fingerprint density at radius 2 is 1.61 bits per heavy atom. The Morgan fingerprint density at radius 3 is 2.17 bits per heavy atom. The molecule has 0 amide bonds. The highest BCUT2D eigenvalue weighted by Gasteiger charge is 2.21. The first-order valence-electron chi connectivity index (χ1n) is 6.60. The Hall–Kier alpha value is -1.57. The Balaban J connectivity index is 2.51. The Labute approximate surface area is 141 Å². The van der Waals surface area contributed by atoms with Crippen molar-refractivity contribution >= 4 is 37.1 Å². The normalized spacial score (nSPS) is 12.2. The number of sulfone groups is 1. The van der Waals surface area contributed by atoms with Gasteiger partial charge in [0.2, 0.25) is 0 Å². The minimum atomic E-state index is -4.01. The van der Waals surface area contributed by atoms with E-state index in [0.717, 1.165) is 23.4 Å². The molecule has 0 unspecified atom stereocenters. The highest BCUT2D eigenvalue weighted by atomic mass is 35.5. The van der Waals surface area contributed by atoms with Crippen molar-refractivity contribution in [3.63, 3.8) is 0 Å². The van der Waals surface area contributed by atoms with Crippen molar-refractivity contribution in [1.82, 2.24) is 0 Å². The van der Waals surface area contributed by atoms with E-state index in [1.54, 1.807) is 19.1 Å². The molecule has 2 aromatic rings. The van der Waals surface area contributed by atoms with Gasteiger partial charge in [0.25, 0.3) is 10.0 Å². The predicted octanol–water partition coefficient (Wildman–Crippen LogP) is 3.16. The van der Waals surface area contributed by atoms with Crippen LogP contribution in [0.2, 0.25) is 5.02 Å². The van der Waals surface area contributed by atoms with Crippen LogP contribution >= 0.6 is 11.6 Å². The van der Waals surface area contributed by atoms with Gasteiger partial charge in [-0.05, 0) is 43.7 Å². The maximum absolute atomic E-state index is 12.5. The molecule has 2 aromatic carbocycles. The molecule has 0 aliphatic carbocycles. The minimum Gasteiger partial charge on any atom is -0.279 e. The number of rotatable bonds is 4. The molecule has 1 N–H and O–H groups in total. The van der Waals surface area contributed by atoms with E-state index in [9.17, 15) is 16.8 Å². The third kappa shape index (κ3) is 4.04. The number of benzene rings is 2. The van der Waals surface area contributed by atoms with Gasteiger partial charge in [0.15, 0.2) is 9.84 Å². The fourth-order valence-electron chi connectivity index (χ4n) is 2.05. The largest absolute Gasteiger partial charge is 0.279 e. The van der Waals surface area contributed by atoms with Gasteiger partial charge in [0.05, 0.1) is 15.6 Å². The van der Waals surface area contributed by atoms with Crippen LogP contribution in [0.25, 0.3) is 0 Å². The van der Waals surface area contributed by atoms with Crippen molar-refractivity contribution in [1.29, 1.82) is 0 Å². The molecule has 124 valence electrons. The molecular formula is C15H16ClNO4S2. The lowest BCUT2D eigenvalue weighted by molar-refractivity contribution is 0.599. The standard InChI is InChI=1S/C15H16ClNO4S2/c1-10-4-7-14(11(2)8-10)17-23(20,21)15-9-12(22(3,18)19)5-6-13(15)16/h4-9,17H,1-3H3. The second kappa shape index (κ2) is 6.14. The van der Waals surface area contributed by atoms with Crippen LogP contribution in [0.4, 0.5) is 5.69 Å². The van der Waals surface area contributed by atoms with Crippen molar-refractivity contribution in [2.24, 2.45) is 0 Å². The molecule has 23 heavy (non-hydrogen) atoms. The maximum Gasteiger partial charge on any atom is 0.263 e. The SMILES string of the molecule is Cc1ccc(NS(=O)(=O)c2cc(S(C)(=O)=O)ccc2Cl)c(C)c1. The van der Waals surface area contributed by atoms with Gasteiger partial charge >= 0.3 is 0 Å². The van der Waals surface area contributed by atoms with E-state index in [1.807, 2.05) is 13.0 Å². The Morgan fingerprint density at radius 1 is 0.957 bits per heavy atom. The van der Waals surface area contributed by atoms with Gasteiger partial charge in [0.1, 0.15) is 4.90 Å². The van der Waals surface area contributed by atoms with E-state index in [1.165, 1.54) is 12.1 Å². The number of aryl methyl sites for hydroxylation is 2. The van der Waals surface area contributed by atoms with Crippen LogP contribution in [-0.2, 0) is 19.9 Å². The molecule has 0 radical (unpaired) electrons. The van der Waals surface area contributed by atoms with Gasteiger partial charge in [0, 0.05) is 6.26 Å². The first-order valence-corrected chi connectivity index (χ1v) is 10.4. The summed E-state index contributed by atoms with van der Waals surface area (Å²) in [6.07, 6.45) is 1.00. The average molecular weight is 374 g/mol. The molecule has 0 saturated heterocycles. The molecule has 0 aromatic heterocycles. The summed E-state index contributed by atoms with van der Waals surface area (Å²) in [5.74, 6) is 0. The molecule has 5 nitrogen and oxygen atoms in total. The predicted molar refractivity (Wildman–Crippen MR) is 91.3 cm³/mol. The van der Waals surface area contributed by atoms with Crippen LogP contribution in [0.1, 0.15) is 11.1 Å². The first-order chi connectivity index (χ1) is 10.5. The molecule has 0 fully saturated rings. The lowest BCUT2D eigenvalue weighted by atomic mass is 10.1. The van der Waals surface area contributed by atoms with Gasteiger partial charge in [-0.1, -0.05) is 29.3 Å². The van der Waals surface area contributed by atoms with Gasteiger partial charge < -0.3 is 0 Å². The molecule has 2 rings (SSSR count). The van der Waals surface area contributed by atoms with E-state index >= 15 is 0 Å². The minimum absolute atomic E-state index is 0.0466. The summed E-state index contributed by atoms with van der Waals surface area (Å²) in [5.41, 5.74) is 2.17. The van der Waals surface area contributed by atoms with E-state index in [0.29, 0.717) is 5.69 Å². The summed E-state index contributed by atoms with van der Waals surface area (Å²) in [6, 6.07) is 8.86. The molecular weight excluding hydrogens is 358 g/mol. The smallest absolute Gasteiger partial charge is 0.263 e. The molecule has 0 saturated carbocycles. The van der Waals surface area contributed by atoms with Crippen molar-refractivity contribution in [2.45, 2.75) is 23.6 Å². The van der Waals surface area contributed by atoms with Crippen LogP contribution in [0.3, 0.4) is 0 Å². The van der Waals surface area contributed by atoms with Crippen LogP contribution in [0, 0.1) is 13.8 Å². The number of halogens is 1. The number of sulfonamides is 1. The quantitative estimate of drug-likeness (QED) is 0.892. The van der Waals surface area contributed by atoms with Gasteiger partial charge in [-0.25, -0.2) is 16.8 Å². The van der Waals surface area contributed by atoms with E-state index < -0.39 is 19.9 Å². The van der Waals surface area contributed by atoms with Crippen LogP contribution in [0.5, 0.6) is 0 Å². The Bertz CT molecular complexity index is 967. The third-order valence-electron chi connectivity index (χ3n) is 3.25. The highest BCUT2D eigenvalue weighted by Crippen LogP contribution is 2.27. The monoisotopic (exact) mass is 373 g/mol. The summed E-state index contributed by atoms with van der Waals surface area (Å²) in [4.78, 5) is -0.384. The highest BCUT2D eigenvalue weighted by molar-refractivity contribution is 7.93. The molecule has 8 heteroatoms. The van der Waals surface area contributed by atoms with Crippen LogP contribution in [-0.4, -0.2) is 23.1 Å². The summed E-state index contributed by atoms with van der Waals surface area (Å²) < 4.78 is 50.8. The fraction of sp³-hybridized carbons (Fsp3) is 0.200. The van der Waals surface area contributed by atoms with Gasteiger partial charge in [-0.2, -0.15) is 0 Å². The van der Waals surface area contributed by atoms with Crippen molar-refractivity contribution in [2.75, 3.05) is 11.0 Å². The van der Waals surface area contributed by atoms with Gasteiger partial charge in [-0.3, -0.25) is 4.72 Å². The van der Waals surface area contributed by atoms with Crippen molar-refractivity contribution in [3.05, 3.63) is 52.5 Å². The van der Waals surface area contributed by atoms with Crippen LogP contribution in [0.15, 0.2) is 46.2 Å². The number of anilines is 1. The number of hydrogen-bond donors (Lipinski definition) is 1. The van der Waals surface area contributed by atoms with Crippen molar-refractivity contribution < 1.29 is 16.8 Å². The molecule has 0 spiro atoms. The molecule has 0 aliphatic heterocycles. The molecule has 0 atom stereocenters. The van der Waals surface area contributed by atoms with Crippen molar-refractivity contribution in [3.8, 4) is 0 Å².